The van der Waals surface area contributed by atoms with E-state index in [4.69, 9.17) is 11.6 Å². The number of nitro groups is 1. The number of halogens is 1. The highest BCUT2D eigenvalue weighted by molar-refractivity contribution is 6.31. The Hall–Kier alpha value is -1.88. The SMILES string of the molecule is CNc1c([N+](=O)[O-])cnc2ccc(Cl)cc12. The molecule has 0 saturated heterocycles. The Labute approximate surface area is 96.2 Å². The summed E-state index contributed by atoms with van der Waals surface area (Å²) in [5.41, 5.74) is 1.04. The van der Waals surface area contributed by atoms with E-state index in [0.29, 0.717) is 21.6 Å². The van der Waals surface area contributed by atoms with Crippen molar-refractivity contribution in [2.75, 3.05) is 12.4 Å². The highest BCUT2D eigenvalue weighted by Gasteiger charge is 2.16. The molecular weight excluding hydrogens is 230 g/mol. The molecule has 1 aromatic carbocycles. The number of anilines is 1. The van der Waals surface area contributed by atoms with Gasteiger partial charge in [-0.2, -0.15) is 0 Å². The number of nitrogens with zero attached hydrogens (tertiary/aromatic N) is 2. The minimum Gasteiger partial charge on any atom is -0.382 e. The van der Waals surface area contributed by atoms with E-state index in [0.717, 1.165) is 0 Å². The van der Waals surface area contributed by atoms with Crippen LogP contribution in [-0.2, 0) is 0 Å². The van der Waals surface area contributed by atoms with E-state index in [1.807, 2.05) is 0 Å². The molecule has 0 aliphatic rings. The van der Waals surface area contributed by atoms with Crippen LogP contribution in [0.2, 0.25) is 5.02 Å². The average Bonchev–Trinajstić information content (AvgIpc) is 2.27. The van der Waals surface area contributed by atoms with Gasteiger partial charge in [0.15, 0.2) is 0 Å². The smallest absolute Gasteiger partial charge is 0.311 e. The molecule has 0 amide bonds. The molecule has 0 spiro atoms. The van der Waals surface area contributed by atoms with Crippen molar-refractivity contribution < 1.29 is 4.92 Å². The largest absolute Gasteiger partial charge is 0.382 e. The molecule has 5 nitrogen and oxygen atoms in total. The molecule has 0 saturated carbocycles. The fourth-order valence-electron chi connectivity index (χ4n) is 1.56. The molecule has 0 aliphatic carbocycles. The summed E-state index contributed by atoms with van der Waals surface area (Å²) in [5.74, 6) is 0. The normalized spacial score (nSPS) is 10.4. The van der Waals surface area contributed by atoms with Crippen LogP contribution in [0.4, 0.5) is 11.4 Å². The van der Waals surface area contributed by atoms with Gasteiger partial charge in [0.2, 0.25) is 0 Å². The van der Waals surface area contributed by atoms with Crippen molar-refractivity contribution in [3.63, 3.8) is 0 Å². The van der Waals surface area contributed by atoms with Crippen LogP contribution in [0, 0.1) is 10.1 Å². The minimum absolute atomic E-state index is 0.0581. The van der Waals surface area contributed by atoms with Crippen molar-refractivity contribution in [2.24, 2.45) is 0 Å². The molecule has 0 bridgehead atoms. The highest BCUT2D eigenvalue weighted by atomic mass is 35.5. The molecule has 6 heteroatoms. The zero-order valence-electron chi connectivity index (χ0n) is 8.40. The Bertz CT molecular complexity index is 571. The van der Waals surface area contributed by atoms with Gasteiger partial charge < -0.3 is 5.32 Å². The predicted octanol–water partition coefficient (Wildman–Crippen LogP) is 2.84. The van der Waals surface area contributed by atoms with Gasteiger partial charge in [0.1, 0.15) is 11.9 Å². The van der Waals surface area contributed by atoms with Gasteiger partial charge in [-0.3, -0.25) is 10.1 Å². The lowest BCUT2D eigenvalue weighted by Gasteiger charge is -2.06. The van der Waals surface area contributed by atoms with Crippen molar-refractivity contribution in [3.8, 4) is 0 Å². The predicted molar refractivity (Wildman–Crippen MR) is 63.0 cm³/mol. The van der Waals surface area contributed by atoms with Gasteiger partial charge >= 0.3 is 5.69 Å². The Morgan fingerprint density at radius 2 is 2.25 bits per heavy atom. The summed E-state index contributed by atoms with van der Waals surface area (Å²) in [7, 11) is 1.63. The summed E-state index contributed by atoms with van der Waals surface area (Å²) >= 11 is 5.85. The second-order valence-electron chi connectivity index (χ2n) is 3.19. The molecule has 2 aromatic rings. The van der Waals surface area contributed by atoms with Crippen LogP contribution in [-0.4, -0.2) is 17.0 Å². The van der Waals surface area contributed by atoms with E-state index < -0.39 is 4.92 Å². The Kier molecular flexibility index (Phi) is 2.62. The Morgan fingerprint density at radius 3 is 2.88 bits per heavy atom. The Morgan fingerprint density at radius 1 is 1.50 bits per heavy atom. The lowest BCUT2D eigenvalue weighted by Crippen LogP contribution is -1.98. The van der Waals surface area contributed by atoms with E-state index in [2.05, 4.69) is 10.3 Å². The summed E-state index contributed by atoms with van der Waals surface area (Å²) in [6.45, 7) is 0. The lowest BCUT2D eigenvalue weighted by molar-refractivity contribution is -0.384. The first-order chi connectivity index (χ1) is 7.63. The van der Waals surface area contributed by atoms with Crippen molar-refractivity contribution >= 4 is 33.9 Å². The van der Waals surface area contributed by atoms with Crippen LogP contribution in [0.25, 0.3) is 10.9 Å². The van der Waals surface area contributed by atoms with E-state index >= 15 is 0 Å². The van der Waals surface area contributed by atoms with Gasteiger partial charge in [0.05, 0.1) is 10.4 Å². The second kappa shape index (κ2) is 3.94. The van der Waals surface area contributed by atoms with Crippen molar-refractivity contribution in [3.05, 3.63) is 39.5 Å². The zero-order valence-corrected chi connectivity index (χ0v) is 9.15. The van der Waals surface area contributed by atoms with Crippen LogP contribution in [0.3, 0.4) is 0 Å². The van der Waals surface area contributed by atoms with Crippen LogP contribution < -0.4 is 5.32 Å². The van der Waals surface area contributed by atoms with Crippen LogP contribution >= 0.6 is 11.6 Å². The number of nitrogens with one attached hydrogen (secondary N) is 1. The number of fused-ring (bicyclic) bond motifs is 1. The van der Waals surface area contributed by atoms with Gasteiger partial charge in [-0.25, -0.2) is 4.98 Å². The fourth-order valence-corrected chi connectivity index (χ4v) is 1.73. The summed E-state index contributed by atoms with van der Waals surface area (Å²) in [4.78, 5) is 14.3. The van der Waals surface area contributed by atoms with Gasteiger partial charge in [0, 0.05) is 17.5 Å². The molecule has 82 valence electrons. The maximum absolute atomic E-state index is 10.8. The summed E-state index contributed by atoms with van der Waals surface area (Å²) in [6, 6.07) is 5.08. The van der Waals surface area contributed by atoms with E-state index in [-0.39, 0.29) is 5.69 Å². The molecule has 1 N–H and O–H groups in total. The third-order valence-corrected chi connectivity index (χ3v) is 2.49. The third-order valence-electron chi connectivity index (χ3n) is 2.26. The van der Waals surface area contributed by atoms with Crippen LogP contribution in [0.1, 0.15) is 0 Å². The number of pyridine rings is 1. The molecule has 2 rings (SSSR count). The maximum atomic E-state index is 10.8. The van der Waals surface area contributed by atoms with E-state index in [9.17, 15) is 10.1 Å². The number of benzene rings is 1. The topological polar surface area (TPSA) is 68.1 Å². The first kappa shape index (κ1) is 10.6. The molecule has 0 fully saturated rings. The number of rotatable bonds is 2. The molecular formula is C10H8ClN3O2. The Balaban J connectivity index is 2.83. The highest BCUT2D eigenvalue weighted by Crippen LogP contribution is 2.32. The monoisotopic (exact) mass is 237 g/mol. The second-order valence-corrected chi connectivity index (χ2v) is 3.62. The molecule has 0 atom stereocenters. The average molecular weight is 238 g/mol. The molecule has 16 heavy (non-hydrogen) atoms. The summed E-state index contributed by atoms with van der Waals surface area (Å²) < 4.78 is 0. The minimum atomic E-state index is -0.473. The quantitative estimate of drug-likeness (QED) is 0.644. The first-order valence-electron chi connectivity index (χ1n) is 4.54. The third kappa shape index (κ3) is 1.65. The van der Waals surface area contributed by atoms with Crippen LogP contribution in [0.5, 0.6) is 0 Å². The molecule has 1 aromatic heterocycles. The fraction of sp³-hybridized carbons (Fsp3) is 0.100. The van der Waals surface area contributed by atoms with Gasteiger partial charge in [-0.15, -0.1) is 0 Å². The first-order valence-corrected chi connectivity index (χ1v) is 4.91. The molecule has 0 aliphatic heterocycles. The molecule has 1 heterocycles. The maximum Gasteiger partial charge on any atom is 0.311 e. The number of hydrogen-bond donors (Lipinski definition) is 1. The van der Waals surface area contributed by atoms with E-state index in [1.165, 1.54) is 6.20 Å². The summed E-state index contributed by atoms with van der Waals surface area (Å²) in [6.07, 6.45) is 1.24. The molecule has 0 unspecified atom stereocenters. The number of aromatic nitrogens is 1. The van der Waals surface area contributed by atoms with Gasteiger partial charge in [-0.05, 0) is 18.2 Å². The van der Waals surface area contributed by atoms with Crippen molar-refractivity contribution in [1.29, 1.82) is 0 Å². The summed E-state index contributed by atoms with van der Waals surface area (Å²) in [5, 5.41) is 14.8. The zero-order chi connectivity index (χ0) is 11.7. The number of hydrogen-bond acceptors (Lipinski definition) is 4. The molecule has 0 radical (unpaired) electrons. The van der Waals surface area contributed by atoms with Gasteiger partial charge in [0.25, 0.3) is 0 Å². The van der Waals surface area contributed by atoms with Crippen LogP contribution in [0.15, 0.2) is 24.4 Å². The van der Waals surface area contributed by atoms with Crippen molar-refractivity contribution in [2.45, 2.75) is 0 Å². The van der Waals surface area contributed by atoms with E-state index in [1.54, 1.807) is 25.2 Å². The van der Waals surface area contributed by atoms with Crippen molar-refractivity contribution in [1.82, 2.24) is 4.98 Å². The van der Waals surface area contributed by atoms with Gasteiger partial charge in [-0.1, -0.05) is 11.6 Å². The lowest BCUT2D eigenvalue weighted by atomic mass is 10.1. The standard InChI is InChI=1S/C10H8ClN3O2/c1-12-10-7-4-6(11)2-3-8(7)13-5-9(10)14(15)16/h2-5H,1H3,(H,12,13).